The molecule has 7 nitrogen and oxygen atoms in total. The minimum atomic E-state index is -4.44. The number of fused-ring (bicyclic) bond motifs is 3. The lowest BCUT2D eigenvalue weighted by atomic mass is 10.1. The van der Waals surface area contributed by atoms with Crippen LogP contribution in [0.5, 0.6) is 5.75 Å². The third kappa shape index (κ3) is 3.08. The molecule has 1 fully saturated rings. The number of aromatic nitrogens is 5. The number of nitrogens with zero attached hydrogens (tertiary/aromatic N) is 5. The van der Waals surface area contributed by atoms with Crippen molar-refractivity contribution in [1.82, 2.24) is 24.3 Å². The Bertz CT molecular complexity index is 1050. The number of anilines is 1. The molecule has 10 heteroatoms. The van der Waals surface area contributed by atoms with Crippen LogP contribution in [-0.4, -0.2) is 37.1 Å². The van der Waals surface area contributed by atoms with Gasteiger partial charge in [-0.2, -0.15) is 18.2 Å². The van der Waals surface area contributed by atoms with E-state index < -0.39 is 12.7 Å². The standard InChI is InChI=1S/C18H17F3N6O/c19-18(20,21)9-27-16(24-17(22)25-27)13-8-26-5-6-28-14-4-3-11(10-1-2-10)7-12(14)15(26)23-13/h3-4,7-8,10H,1-2,5-6,9H2,(H2,22,25). The second-order valence-corrected chi connectivity index (χ2v) is 7.09. The van der Waals surface area contributed by atoms with Crippen molar-refractivity contribution in [2.24, 2.45) is 0 Å². The van der Waals surface area contributed by atoms with Crippen molar-refractivity contribution >= 4 is 5.95 Å². The topological polar surface area (TPSA) is 83.8 Å². The molecule has 2 N–H and O–H groups in total. The van der Waals surface area contributed by atoms with Gasteiger partial charge in [-0.1, -0.05) is 6.07 Å². The Morgan fingerprint density at radius 3 is 2.75 bits per heavy atom. The van der Waals surface area contributed by atoms with Crippen molar-refractivity contribution in [3.05, 3.63) is 30.0 Å². The zero-order chi connectivity index (χ0) is 19.5. The van der Waals surface area contributed by atoms with Crippen LogP contribution in [0.25, 0.3) is 22.9 Å². The summed E-state index contributed by atoms with van der Waals surface area (Å²) in [5, 5.41) is 3.68. The molecule has 0 saturated heterocycles. The van der Waals surface area contributed by atoms with Crippen molar-refractivity contribution < 1.29 is 17.9 Å². The first-order valence-electron chi connectivity index (χ1n) is 8.99. The van der Waals surface area contributed by atoms with Crippen LogP contribution in [0, 0.1) is 0 Å². The molecule has 1 aromatic carbocycles. The molecule has 0 amide bonds. The number of ether oxygens (including phenoxy) is 1. The lowest BCUT2D eigenvalue weighted by molar-refractivity contribution is -0.142. The van der Waals surface area contributed by atoms with Gasteiger partial charge in [0.1, 0.15) is 30.4 Å². The zero-order valence-electron chi connectivity index (χ0n) is 14.8. The third-order valence-electron chi connectivity index (χ3n) is 4.91. The SMILES string of the molecule is Nc1nc(-c2cn3c(n2)-c2cc(C4CC4)ccc2OCC3)n(CC(F)(F)F)n1. The van der Waals surface area contributed by atoms with Gasteiger partial charge < -0.3 is 15.0 Å². The minimum Gasteiger partial charge on any atom is -0.491 e. The predicted molar refractivity (Wildman–Crippen MR) is 94.6 cm³/mol. The maximum absolute atomic E-state index is 12.9. The van der Waals surface area contributed by atoms with E-state index >= 15 is 0 Å². The summed E-state index contributed by atoms with van der Waals surface area (Å²) in [5.41, 5.74) is 7.92. The highest BCUT2D eigenvalue weighted by atomic mass is 19.4. The van der Waals surface area contributed by atoms with E-state index in [1.807, 2.05) is 10.6 Å². The number of rotatable bonds is 3. The molecule has 0 radical (unpaired) electrons. The summed E-state index contributed by atoms with van der Waals surface area (Å²) in [4.78, 5) is 8.55. The second kappa shape index (κ2) is 5.98. The zero-order valence-corrected chi connectivity index (χ0v) is 14.8. The van der Waals surface area contributed by atoms with Gasteiger partial charge in [0, 0.05) is 6.20 Å². The fourth-order valence-electron chi connectivity index (χ4n) is 3.51. The smallest absolute Gasteiger partial charge is 0.408 e. The van der Waals surface area contributed by atoms with E-state index in [1.54, 1.807) is 6.20 Å². The van der Waals surface area contributed by atoms with Crippen LogP contribution in [0.2, 0.25) is 0 Å². The van der Waals surface area contributed by atoms with Crippen molar-refractivity contribution in [3.8, 4) is 28.7 Å². The van der Waals surface area contributed by atoms with Gasteiger partial charge in [-0.05, 0) is 36.5 Å². The van der Waals surface area contributed by atoms with Crippen molar-refractivity contribution in [2.45, 2.75) is 38.0 Å². The van der Waals surface area contributed by atoms with E-state index in [0.717, 1.165) is 16.0 Å². The van der Waals surface area contributed by atoms with Gasteiger partial charge in [-0.25, -0.2) is 9.67 Å². The average molecular weight is 390 g/mol. The van der Waals surface area contributed by atoms with Crippen molar-refractivity contribution in [1.29, 1.82) is 0 Å². The second-order valence-electron chi connectivity index (χ2n) is 7.09. The quantitative estimate of drug-likeness (QED) is 0.742. The van der Waals surface area contributed by atoms with Gasteiger partial charge in [0.25, 0.3) is 0 Å². The Labute approximate surface area is 158 Å². The average Bonchev–Trinajstić information content (AvgIpc) is 3.33. The maximum Gasteiger partial charge on any atom is 0.408 e. The molecule has 0 spiro atoms. The number of nitrogen functional groups attached to an aromatic ring is 1. The molecular weight excluding hydrogens is 373 g/mol. The monoisotopic (exact) mass is 390 g/mol. The fourth-order valence-corrected chi connectivity index (χ4v) is 3.51. The lowest BCUT2D eigenvalue weighted by Gasteiger charge is -2.09. The molecule has 1 aliphatic heterocycles. The van der Waals surface area contributed by atoms with Crippen LogP contribution in [0.3, 0.4) is 0 Å². The number of hydrogen-bond acceptors (Lipinski definition) is 5. The van der Waals surface area contributed by atoms with Crippen molar-refractivity contribution in [2.75, 3.05) is 12.3 Å². The number of alkyl halides is 3. The molecule has 3 heterocycles. The number of imidazole rings is 1. The van der Waals surface area contributed by atoms with Crippen LogP contribution in [0.4, 0.5) is 19.1 Å². The number of hydrogen-bond donors (Lipinski definition) is 1. The number of nitrogens with two attached hydrogens (primary N) is 1. The van der Waals surface area contributed by atoms with E-state index in [-0.39, 0.29) is 11.8 Å². The van der Waals surface area contributed by atoms with Gasteiger partial charge in [-0.3, -0.25) is 0 Å². The Morgan fingerprint density at radius 1 is 1.18 bits per heavy atom. The predicted octanol–water partition coefficient (Wildman–Crippen LogP) is 3.22. The number of halogens is 3. The Balaban J connectivity index is 1.60. The van der Waals surface area contributed by atoms with E-state index in [9.17, 15) is 13.2 Å². The molecule has 5 rings (SSSR count). The van der Waals surface area contributed by atoms with E-state index in [4.69, 9.17) is 10.5 Å². The molecule has 146 valence electrons. The largest absolute Gasteiger partial charge is 0.491 e. The molecular formula is C18H17F3N6O. The molecule has 28 heavy (non-hydrogen) atoms. The summed E-state index contributed by atoms with van der Waals surface area (Å²) in [6.45, 7) is -0.311. The summed E-state index contributed by atoms with van der Waals surface area (Å²) < 4.78 is 47.1. The van der Waals surface area contributed by atoms with Gasteiger partial charge >= 0.3 is 6.18 Å². The summed E-state index contributed by atoms with van der Waals surface area (Å²) in [6.07, 6.45) is -0.433. The van der Waals surface area contributed by atoms with Crippen molar-refractivity contribution in [3.63, 3.8) is 0 Å². The lowest BCUT2D eigenvalue weighted by Crippen LogP contribution is -2.19. The Hall–Kier alpha value is -3.04. The Kier molecular flexibility index (Phi) is 3.65. The first-order chi connectivity index (χ1) is 13.4. The Morgan fingerprint density at radius 2 is 2.00 bits per heavy atom. The summed E-state index contributed by atoms with van der Waals surface area (Å²) in [5.74, 6) is 1.70. The van der Waals surface area contributed by atoms with E-state index in [1.165, 1.54) is 18.4 Å². The molecule has 0 bridgehead atoms. The summed E-state index contributed by atoms with van der Waals surface area (Å²) >= 11 is 0. The summed E-state index contributed by atoms with van der Waals surface area (Å²) in [7, 11) is 0. The molecule has 1 aliphatic carbocycles. The van der Waals surface area contributed by atoms with Crippen LogP contribution < -0.4 is 10.5 Å². The van der Waals surface area contributed by atoms with Crippen LogP contribution in [-0.2, 0) is 13.1 Å². The van der Waals surface area contributed by atoms with Crippen LogP contribution >= 0.6 is 0 Å². The highest BCUT2D eigenvalue weighted by Crippen LogP contribution is 2.43. The molecule has 2 aromatic heterocycles. The highest BCUT2D eigenvalue weighted by Gasteiger charge is 2.32. The third-order valence-corrected chi connectivity index (χ3v) is 4.91. The molecule has 3 aromatic rings. The normalized spacial score (nSPS) is 16.2. The number of benzene rings is 1. The minimum absolute atomic E-state index is 0.00351. The van der Waals surface area contributed by atoms with E-state index in [2.05, 4.69) is 27.2 Å². The van der Waals surface area contributed by atoms with Gasteiger partial charge in [-0.15, -0.1) is 5.10 Å². The van der Waals surface area contributed by atoms with Gasteiger partial charge in [0.2, 0.25) is 5.95 Å². The highest BCUT2D eigenvalue weighted by molar-refractivity contribution is 5.69. The molecule has 0 atom stereocenters. The fraction of sp³-hybridized carbons (Fsp3) is 0.389. The van der Waals surface area contributed by atoms with Gasteiger partial charge in [0.05, 0.1) is 12.1 Å². The van der Waals surface area contributed by atoms with Gasteiger partial charge in [0.15, 0.2) is 5.82 Å². The first kappa shape index (κ1) is 17.1. The van der Waals surface area contributed by atoms with Crippen LogP contribution in [0.1, 0.15) is 24.3 Å². The molecule has 1 saturated carbocycles. The molecule has 2 aliphatic rings. The summed E-state index contributed by atoms with van der Waals surface area (Å²) in [6, 6.07) is 6.07. The molecule has 0 unspecified atom stereocenters. The first-order valence-corrected chi connectivity index (χ1v) is 8.99. The van der Waals surface area contributed by atoms with E-state index in [0.29, 0.717) is 30.6 Å². The van der Waals surface area contributed by atoms with Crippen LogP contribution in [0.15, 0.2) is 24.4 Å². The maximum atomic E-state index is 12.9.